The molecule has 4 nitrogen and oxygen atoms in total. The summed E-state index contributed by atoms with van der Waals surface area (Å²) in [6.07, 6.45) is 0. The highest BCUT2D eigenvalue weighted by Gasteiger charge is 2.17. The predicted molar refractivity (Wildman–Crippen MR) is 88.9 cm³/mol. The second-order valence-electron chi connectivity index (χ2n) is 5.59. The van der Waals surface area contributed by atoms with E-state index >= 15 is 0 Å². The van der Waals surface area contributed by atoms with Gasteiger partial charge in [0.05, 0.1) is 0 Å². The molecule has 0 N–H and O–H groups in total. The molecule has 2 aromatic carbocycles. The molecule has 0 atom stereocenters. The van der Waals surface area contributed by atoms with E-state index in [1.54, 1.807) is 18.0 Å². The van der Waals surface area contributed by atoms with E-state index < -0.39 is 0 Å². The van der Waals surface area contributed by atoms with E-state index in [9.17, 15) is 4.79 Å². The number of carbonyl (C=O) groups excluding carboxylic acids is 1. The summed E-state index contributed by atoms with van der Waals surface area (Å²) in [5.41, 5.74) is 3.48. The van der Waals surface area contributed by atoms with Gasteiger partial charge in [0.2, 0.25) is 0 Å². The van der Waals surface area contributed by atoms with Gasteiger partial charge < -0.3 is 9.42 Å². The molecule has 0 fully saturated rings. The zero-order valence-electron chi connectivity index (χ0n) is 13.2. The number of aromatic nitrogens is 1. The first-order valence-corrected chi connectivity index (χ1v) is 7.46. The summed E-state index contributed by atoms with van der Waals surface area (Å²) in [5, 5.41) is 3.91. The highest BCUT2D eigenvalue weighted by Crippen LogP contribution is 2.21. The minimum Gasteiger partial charge on any atom is -0.355 e. The van der Waals surface area contributed by atoms with Crippen molar-refractivity contribution < 1.29 is 9.32 Å². The van der Waals surface area contributed by atoms with Crippen LogP contribution in [0, 0.1) is 6.92 Å². The third-order valence-corrected chi connectivity index (χ3v) is 3.67. The highest BCUT2D eigenvalue weighted by molar-refractivity contribution is 5.92. The van der Waals surface area contributed by atoms with Crippen LogP contribution in [0.5, 0.6) is 0 Å². The van der Waals surface area contributed by atoms with E-state index in [1.165, 1.54) is 5.56 Å². The Morgan fingerprint density at radius 1 is 1.09 bits per heavy atom. The molecule has 0 unspecified atom stereocenters. The van der Waals surface area contributed by atoms with Crippen molar-refractivity contribution in [3.63, 3.8) is 0 Å². The van der Waals surface area contributed by atoms with Gasteiger partial charge in [0.15, 0.2) is 11.5 Å². The van der Waals surface area contributed by atoms with Gasteiger partial charge in [-0.2, -0.15) is 0 Å². The molecule has 4 heteroatoms. The van der Waals surface area contributed by atoms with Gasteiger partial charge in [0, 0.05) is 25.2 Å². The summed E-state index contributed by atoms with van der Waals surface area (Å²) in [6.45, 7) is 2.56. The van der Waals surface area contributed by atoms with Crippen LogP contribution in [-0.4, -0.2) is 23.0 Å². The Morgan fingerprint density at radius 3 is 2.48 bits per heavy atom. The van der Waals surface area contributed by atoms with Crippen LogP contribution in [-0.2, 0) is 6.54 Å². The molecule has 23 heavy (non-hydrogen) atoms. The monoisotopic (exact) mass is 306 g/mol. The maximum Gasteiger partial charge on any atom is 0.276 e. The molecule has 0 spiro atoms. The zero-order chi connectivity index (χ0) is 16.2. The van der Waals surface area contributed by atoms with Crippen molar-refractivity contribution in [2.45, 2.75) is 13.5 Å². The molecule has 1 aromatic heterocycles. The standard InChI is InChI=1S/C19H18N2O2/c1-14-8-10-16(11-9-14)18-12-17(20-23-18)19(22)21(2)13-15-6-4-3-5-7-15/h3-12H,13H2,1-2H3. The van der Waals surface area contributed by atoms with Gasteiger partial charge in [-0.3, -0.25) is 4.79 Å². The topological polar surface area (TPSA) is 46.3 Å². The number of amides is 1. The third kappa shape index (κ3) is 3.48. The molecule has 0 bridgehead atoms. The molecule has 0 aliphatic rings. The second-order valence-corrected chi connectivity index (χ2v) is 5.59. The number of carbonyl (C=O) groups is 1. The van der Waals surface area contributed by atoms with Crippen LogP contribution in [0.1, 0.15) is 21.6 Å². The number of aryl methyl sites for hydroxylation is 1. The highest BCUT2D eigenvalue weighted by atomic mass is 16.5. The first kappa shape index (κ1) is 15.0. The molecule has 1 heterocycles. The van der Waals surface area contributed by atoms with Crippen molar-refractivity contribution in [1.82, 2.24) is 10.1 Å². The molecule has 3 aromatic rings. The van der Waals surface area contributed by atoms with E-state index in [0.29, 0.717) is 18.0 Å². The molecular formula is C19H18N2O2. The second kappa shape index (κ2) is 6.48. The van der Waals surface area contributed by atoms with Gasteiger partial charge in [0.25, 0.3) is 5.91 Å². The Bertz CT molecular complexity index is 792. The third-order valence-electron chi connectivity index (χ3n) is 3.67. The van der Waals surface area contributed by atoms with Gasteiger partial charge in [-0.1, -0.05) is 65.3 Å². The normalized spacial score (nSPS) is 10.5. The van der Waals surface area contributed by atoms with E-state index in [-0.39, 0.29) is 5.91 Å². The molecule has 0 radical (unpaired) electrons. The molecule has 0 aliphatic carbocycles. The van der Waals surface area contributed by atoms with E-state index in [1.807, 2.05) is 61.5 Å². The van der Waals surface area contributed by atoms with Crippen LogP contribution in [0.3, 0.4) is 0 Å². The molecule has 0 saturated heterocycles. The van der Waals surface area contributed by atoms with E-state index in [2.05, 4.69) is 5.16 Å². The van der Waals surface area contributed by atoms with Crippen LogP contribution in [0.15, 0.2) is 65.2 Å². The Balaban J connectivity index is 1.74. The minimum absolute atomic E-state index is 0.157. The lowest BCUT2D eigenvalue weighted by Gasteiger charge is -2.15. The fraction of sp³-hybridized carbons (Fsp3) is 0.158. The number of benzene rings is 2. The SMILES string of the molecule is Cc1ccc(-c2cc(C(=O)N(C)Cc3ccccc3)no2)cc1. The first-order chi connectivity index (χ1) is 11.1. The summed E-state index contributed by atoms with van der Waals surface area (Å²) in [7, 11) is 1.76. The lowest BCUT2D eigenvalue weighted by atomic mass is 10.1. The van der Waals surface area contributed by atoms with Gasteiger partial charge in [-0.25, -0.2) is 0 Å². The van der Waals surface area contributed by atoms with Crippen LogP contribution < -0.4 is 0 Å². The Hall–Kier alpha value is -2.88. The van der Waals surface area contributed by atoms with Gasteiger partial charge in [0.1, 0.15) is 0 Å². The summed E-state index contributed by atoms with van der Waals surface area (Å²) >= 11 is 0. The van der Waals surface area contributed by atoms with Crippen LogP contribution >= 0.6 is 0 Å². The van der Waals surface area contributed by atoms with Crippen LogP contribution in [0.25, 0.3) is 11.3 Å². The lowest BCUT2D eigenvalue weighted by Crippen LogP contribution is -2.26. The zero-order valence-corrected chi connectivity index (χ0v) is 13.2. The fourth-order valence-electron chi connectivity index (χ4n) is 2.35. The first-order valence-electron chi connectivity index (χ1n) is 7.46. The largest absolute Gasteiger partial charge is 0.355 e. The van der Waals surface area contributed by atoms with Gasteiger partial charge >= 0.3 is 0 Å². The summed E-state index contributed by atoms with van der Waals surface area (Å²) in [5.74, 6) is 0.442. The Labute approximate surface area is 135 Å². The van der Waals surface area contributed by atoms with Crippen molar-refractivity contribution >= 4 is 5.91 Å². The summed E-state index contributed by atoms with van der Waals surface area (Å²) in [4.78, 5) is 14.1. The van der Waals surface area contributed by atoms with Crippen molar-refractivity contribution in [3.8, 4) is 11.3 Å². The summed E-state index contributed by atoms with van der Waals surface area (Å²) < 4.78 is 5.31. The fourth-order valence-corrected chi connectivity index (χ4v) is 2.35. The van der Waals surface area contributed by atoms with E-state index in [0.717, 1.165) is 11.1 Å². The molecule has 116 valence electrons. The molecule has 0 aliphatic heterocycles. The number of hydrogen-bond acceptors (Lipinski definition) is 3. The quantitative estimate of drug-likeness (QED) is 0.734. The number of nitrogens with zero attached hydrogens (tertiary/aromatic N) is 2. The minimum atomic E-state index is -0.157. The van der Waals surface area contributed by atoms with Crippen molar-refractivity contribution in [3.05, 3.63) is 77.5 Å². The van der Waals surface area contributed by atoms with Gasteiger partial charge in [-0.15, -0.1) is 0 Å². The maximum absolute atomic E-state index is 12.5. The molecule has 0 saturated carbocycles. The predicted octanol–water partition coefficient (Wildman–Crippen LogP) is 3.92. The smallest absolute Gasteiger partial charge is 0.276 e. The van der Waals surface area contributed by atoms with Crippen molar-refractivity contribution in [1.29, 1.82) is 0 Å². The van der Waals surface area contributed by atoms with Crippen molar-refractivity contribution in [2.24, 2.45) is 0 Å². The summed E-state index contributed by atoms with van der Waals surface area (Å²) in [6, 6.07) is 19.5. The molecule has 1 amide bonds. The van der Waals surface area contributed by atoms with Crippen LogP contribution in [0.2, 0.25) is 0 Å². The van der Waals surface area contributed by atoms with Gasteiger partial charge in [-0.05, 0) is 12.5 Å². The molecular weight excluding hydrogens is 288 g/mol. The Morgan fingerprint density at radius 2 is 1.78 bits per heavy atom. The lowest BCUT2D eigenvalue weighted by molar-refractivity contribution is 0.0775. The average Bonchev–Trinajstić information content (AvgIpc) is 3.05. The number of hydrogen-bond donors (Lipinski definition) is 0. The molecule has 3 rings (SSSR count). The van der Waals surface area contributed by atoms with E-state index in [4.69, 9.17) is 4.52 Å². The average molecular weight is 306 g/mol. The van der Waals surface area contributed by atoms with Crippen molar-refractivity contribution in [2.75, 3.05) is 7.05 Å². The maximum atomic E-state index is 12.5. The number of rotatable bonds is 4. The van der Waals surface area contributed by atoms with Crippen LogP contribution in [0.4, 0.5) is 0 Å². The Kier molecular flexibility index (Phi) is 4.24.